The number of primary amides is 1. The van der Waals surface area contributed by atoms with Crippen LogP contribution in [0.3, 0.4) is 0 Å². The van der Waals surface area contributed by atoms with E-state index in [0.717, 1.165) is 11.1 Å². The molecule has 0 saturated heterocycles. The van der Waals surface area contributed by atoms with Crippen LogP contribution in [0.2, 0.25) is 0 Å². The SMILES string of the molecule is COc1ccc(C(=O)Cc2cccc(CNc3ncnc4c(C(N)=O)cc(O)cc34)c2)cc1. The summed E-state index contributed by atoms with van der Waals surface area (Å²) in [5.41, 5.74) is 8.34. The minimum atomic E-state index is -0.685. The Kier molecular flexibility index (Phi) is 6.17. The fourth-order valence-electron chi connectivity index (χ4n) is 3.58. The van der Waals surface area contributed by atoms with Gasteiger partial charge in [0.25, 0.3) is 5.91 Å². The van der Waals surface area contributed by atoms with Crippen molar-refractivity contribution in [1.29, 1.82) is 0 Å². The maximum absolute atomic E-state index is 12.6. The number of hydrogen-bond acceptors (Lipinski definition) is 7. The van der Waals surface area contributed by atoms with E-state index in [2.05, 4.69) is 15.3 Å². The summed E-state index contributed by atoms with van der Waals surface area (Å²) < 4.78 is 5.13. The molecular weight excluding hydrogens is 420 g/mol. The predicted octanol–water partition coefficient (Wildman–Crippen LogP) is 3.48. The third kappa shape index (κ3) is 4.90. The minimum absolute atomic E-state index is 0.0130. The number of methoxy groups -OCH3 is 1. The molecule has 33 heavy (non-hydrogen) atoms. The van der Waals surface area contributed by atoms with Gasteiger partial charge in [-0.25, -0.2) is 9.97 Å². The predicted molar refractivity (Wildman–Crippen MR) is 125 cm³/mol. The van der Waals surface area contributed by atoms with Crippen LogP contribution in [0, 0.1) is 0 Å². The molecule has 166 valence electrons. The van der Waals surface area contributed by atoms with E-state index in [0.29, 0.717) is 34.6 Å². The van der Waals surface area contributed by atoms with E-state index >= 15 is 0 Å². The van der Waals surface area contributed by atoms with Gasteiger partial charge in [-0.1, -0.05) is 24.3 Å². The Labute approximate surface area is 190 Å². The molecule has 4 N–H and O–H groups in total. The van der Waals surface area contributed by atoms with Crippen molar-refractivity contribution in [1.82, 2.24) is 9.97 Å². The molecule has 0 saturated carbocycles. The lowest BCUT2D eigenvalue weighted by Crippen LogP contribution is -2.12. The van der Waals surface area contributed by atoms with Crippen molar-refractivity contribution >= 4 is 28.4 Å². The van der Waals surface area contributed by atoms with Gasteiger partial charge >= 0.3 is 0 Å². The molecule has 1 heterocycles. The number of nitrogens with zero attached hydrogens (tertiary/aromatic N) is 2. The third-order valence-corrected chi connectivity index (χ3v) is 5.22. The molecule has 0 aliphatic heterocycles. The van der Waals surface area contributed by atoms with Crippen molar-refractivity contribution in [3.8, 4) is 11.5 Å². The van der Waals surface area contributed by atoms with Crippen LogP contribution in [0.4, 0.5) is 5.82 Å². The molecule has 0 bridgehead atoms. The molecule has 4 rings (SSSR count). The maximum atomic E-state index is 12.6. The monoisotopic (exact) mass is 442 g/mol. The van der Waals surface area contributed by atoms with Crippen molar-refractivity contribution in [2.24, 2.45) is 5.73 Å². The highest BCUT2D eigenvalue weighted by Crippen LogP contribution is 2.27. The first-order valence-electron chi connectivity index (χ1n) is 10.2. The number of amides is 1. The Morgan fingerprint density at radius 2 is 1.79 bits per heavy atom. The molecular formula is C25H22N4O4. The first kappa shape index (κ1) is 21.8. The van der Waals surface area contributed by atoms with Crippen molar-refractivity contribution in [2.75, 3.05) is 12.4 Å². The number of ether oxygens (including phenoxy) is 1. The van der Waals surface area contributed by atoms with Gasteiger partial charge in [0.15, 0.2) is 5.78 Å². The maximum Gasteiger partial charge on any atom is 0.251 e. The number of nitrogens with two attached hydrogens (primary N) is 1. The highest BCUT2D eigenvalue weighted by Gasteiger charge is 2.14. The summed E-state index contributed by atoms with van der Waals surface area (Å²) in [7, 11) is 1.58. The molecule has 8 heteroatoms. The van der Waals surface area contributed by atoms with Crippen LogP contribution >= 0.6 is 0 Å². The number of benzene rings is 3. The molecule has 8 nitrogen and oxygen atoms in total. The molecule has 0 aliphatic rings. The van der Waals surface area contributed by atoms with Gasteiger partial charge in [-0.3, -0.25) is 9.59 Å². The van der Waals surface area contributed by atoms with Gasteiger partial charge in [-0.2, -0.15) is 0 Å². The van der Waals surface area contributed by atoms with Crippen LogP contribution in [-0.4, -0.2) is 33.9 Å². The van der Waals surface area contributed by atoms with Crippen LogP contribution in [0.25, 0.3) is 10.9 Å². The summed E-state index contributed by atoms with van der Waals surface area (Å²) in [6.45, 7) is 0.415. The Balaban J connectivity index is 1.51. The second kappa shape index (κ2) is 9.35. The van der Waals surface area contributed by atoms with Gasteiger partial charge in [0.1, 0.15) is 23.6 Å². The zero-order chi connectivity index (χ0) is 23.4. The summed E-state index contributed by atoms with van der Waals surface area (Å²) in [5, 5.41) is 13.7. The van der Waals surface area contributed by atoms with Gasteiger partial charge in [-0.15, -0.1) is 0 Å². The van der Waals surface area contributed by atoms with E-state index in [1.54, 1.807) is 31.4 Å². The van der Waals surface area contributed by atoms with E-state index < -0.39 is 5.91 Å². The van der Waals surface area contributed by atoms with Gasteiger partial charge in [0, 0.05) is 23.9 Å². The summed E-state index contributed by atoms with van der Waals surface area (Å²) in [4.78, 5) is 32.7. The first-order chi connectivity index (χ1) is 15.9. The molecule has 0 aliphatic carbocycles. The molecule has 0 unspecified atom stereocenters. The number of fused-ring (bicyclic) bond motifs is 1. The number of phenolic OH excluding ortho intramolecular Hbond substituents is 1. The van der Waals surface area contributed by atoms with Gasteiger partial charge in [0.05, 0.1) is 18.2 Å². The summed E-state index contributed by atoms with van der Waals surface area (Å²) in [6.07, 6.45) is 1.60. The molecule has 1 aromatic heterocycles. The summed E-state index contributed by atoms with van der Waals surface area (Å²) in [5.74, 6) is 0.383. The van der Waals surface area contributed by atoms with Crippen LogP contribution in [-0.2, 0) is 13.0 Å². The largest absolute Gasteiger partial charge is 0.508 e. The van der Waals surface area contributed by atoms with Crippen LogP contribution in [0.15, 0.2) is 67.0 Å². The molecule has 0 fully saturated rings. The van der Waals surface area contributed by atoms with Crippen molar-refractivity contribution in [3.63, 3.8) is 0 Å². The lowest BCUT2D eigenvalue weighted by Gasteiger charge is -2.11. The molecule has 3 aromatic carbocycles. The molecule has 0 atom stereocenters. The molecule has 4 aromatic rings. The second-order valence-electron chi connectivity index (χ2n) is 7.48. The lowest BCUT2D eigenvalue weighted by molar-refractivity contribution is 0.0988. The lowest BCUT2D eigenvalue weighted by atomic mass is 10.0. The number of carbonyl (C=O) groups excluding carboxylic acids is 2. The standard InChI is InChI=1S/C25H22N4O4/c1-33-19-7-5-17(6-8-19)22(31)10-15-3-2-4-16(9-15)13-27-25-21-12-18(30)11-20(24(26)32)23(21)28-14-29-25/h2-9,11-12,14,30H,10,13H2,1H3,(H2,26,32)(H,27,28,29). The van der Waals surface area contributed by atoms with E-state index in [9.17, 15) is 14.7 Å². The Hall–Kier alpha value is -4.46. The smallest absolute Gasteiger partial charge is 0.251 e. The number of Topliss-reactive ketones (excluding diaryl/α,β-unsaturated/α-hetero) is 1. The van der Waals surface area contributed by atoms with Crippen LogP contribution in [0.5, 0.6) is 11.5 Å². The van der Waals surface area contributed by atoms with Crippen LogP contribution < -0.4 is 15.8 Å². The number of rotatable bonds is 8. The number of aromatic hydroxyl groups is 1. The highest BCUT2D eigenvalue weighted by atomic mass is 16.5. The number of ketones is 1. The van der Waals surface area contributed by atoms with E-state index in [4.69, 9.17) is 10.5 Å². The quantitative estimate of drug-likeness (QED) is 0.357. The topological polar surface area (TPSA) is 127 Å². The fourth-order valence-corrected chi connectivity index (χ4v) is 3.58. The number of nitrogens with one attached hydrogen (secondary N) is 1. The van der Waals surface area contributed by atoms with Crippen molar-refractivity contribution in [3.05, 3.63) is 89.2 Å². The zero-order valence-corrected chi connectivity index (χ0v) is 17.9. The Bertz CT molecular complexity index is 1340. The van der Waals surface area contributed by atoms with E-state index in [1.807, 2.05) is 24.3 Å². The number of aromatic nitrogens is 2. The van der Waals surface area contributed by atoms with E-state index in [1.165, 1.54) is 18.5 Å². The average molecular weight is 442 g/mol. The van der Waals surface area contributed by atoms with Crippen molar-refractivity contribution < 1.29 is 19.4 Å². The van der Waals surface area contributed by atoms with Crippen molar-refractivity contribution in [2.45, 2.75) is 13.0 Å². The summed E-state index contributed by atoms with van der Waals surface area (Å²) >= 11 is 0. The van der Waals surface area contributed by atoms with Crippen LogP contribution in [0.1, 0.15) is 31.8 Å². The Morgan fingerprint density at radius 1 is 1.03 bits per heavy atom. The zero-order valence-electron chi connectivity index (χ0n) is 17.9. The molecule has 0 radical (unpaired) electrons. The highest BCUT2D eigenvalue weighted by molar-refractivity contribution is 6.07. The first-order valence-corrected chi connectivity index (χ1v) is 10.2. The normalized spacial score (nSPS) is 10.7. The van der Waals surface area contributed by atoms with Gasteiger partial charge < -0.3 is 20.9 Å². The number of hydrogen-bond donors (Lipinski definition) is 3. The third-order valence-electron chi connectivity index (χ3n) is 5.22. The van der Waals surface area contributed by atoms with Gasteiger partial charge in [0.2, 0.25) is 0 Å². The van der Waals surface area contributed by atoms with Gasteiger partial charge in [-0.05, 0) is 47.5 Å². The Morgan fingerprint density at radius 3 is 2.52 bits per heavy atom. The fraction of sp³-hybridized carbons (Fsp3) is 0.120. The number of phenols is 1. The van der Waals surface area contributed by atoms with E-state index in [-0.39, 0.29) is 23.5 Å². The molecule has 0 spiro atoms. The average Bonchev–Trinajstić information content (AvgIpc) is 2.82. The minimum Gasteiger partial charge on any atom is -0.508 e. The second-order valence-corrected chi connectivity index (χ2v) is 7.48. The number of anilines is 1. The summed E-state index contributed by atoms with van der Waals surface area (Å²) in [6, 6.07) is 17.5. The number of carbonyl (C=O) groups is 2. The molecule has 1 amide bonds.